The summed E-state index contributed by atoms with van der Waals surface area (Å²) < 4.78 is 5.20. The summed E-state index contributed by atoms with van der Waals surface area (Å²) in [6.45, 7) is 7.04. The Balaban J connectivity index is 2.47. The van der Waals surface area contributed by atoms with Gasteiger partial charge in [0, 0.05) is 6.54 Å². The molecule has 0 radical (unpaired) electrons. The monoisotopic (exact) mass is 249 g/mol. The van der Waals surface area contributed by atoms with Gasteiger partial charge in [0.05, 0.1) is 13.5 Å². The van der Waals surface area contributed by atoms with Crippen LogP contribution in [0, 0.1) is 12.8 Å². The third-order valence-corrected chi connectivity index (χ3v) is 2.87. The third-order valence-electron chi connectivity index (χ3n) is 2.87. The lowest BCUT2D eigenvalue weighted by Gasteiger charge is -2.09. The molecule has 0 aliphatic rings. The van der Waals surface area contributed by atoms with Crippen LogP contribution in [0.2, 0.25) is 0 Å². The maximum atomic E-state index is 11.7. The molecule has 0 aliphatic heterocycles. The molecule has 3 nitrogen and oxygen atoms in total. The molecule has 1 N–H and O–H groups in total. The van der Waals surface area contributed by atoms with Crippen LogP contribution >= 0.6 is 0 Å². The van der Waals surface area contributed by atoms with Crippen molar-refractivity contribution in [1.82, 2.24) is 5.32 Å². The van der Waals surface area contributed by atoms with Crippen molar-refractivity contribution in [3.05, 3.63) is 29.3 Å². The van der Waals surface area contributed by atoms with Crippen molar-refractivity contribution in [2.45, 2.75) is 33.6 Å². The first-order chi connectivity index (χ1) is 8.52. The summed E-state index contributed by atoms with van der Waals surface area (Å²) in [5.41, 5.74) is 2.08. The van der Waals surface area contributed by atoms with Crippen molar-refractivity contribution in [3.63, 3.8) is 0 Å². The Bertz CT molecular complexity index is 399. The maximum absolute atomic E-state index is 11.7. The Hall–Kier alpha value is -1.51. The van der Waals surface area contributed by atoms with Gasteiger partial charge in [0.2, 0.25) is 5.91 Å². The largest absolute Gasteiger partial charge is 0.496 e. The molecular weight excluding hydrogens is 226 g/mol. The lowest BCUT2D eigenvalue weighted by Crippen LogP contribution is -2.26. The van der Waals surface area contributed by atoms with Crippen molar-refractivity contribution < 1.29 is 9.53 Å². The molecule has 0 heterocycles. The fourth-order valence-electron chi connectivity index (χ4n) is 1.80. The minimum atomic E-state index is 0.0835. The maximum Gasteiger partial charge on any atom is 0.224 e. The van der Waals surface area contributed by atoms with Crippen LogP contribution in [0.4, 0.5) is 0 Å². The highest BCUT2D eigenvalue weighted by molar-refractivity contribution is 5.78. The molecule has 0 saturated carbocycles. The van der Waals surface area contributed by atoms with E-state index in [1.165, 1.54) is 0 Å². The summed E-state index contributed by atoms with van der Waals surface area (Å²) >= 11 is 0. The van der Waals surface area contributed by atoms with Crippen LogP contribution in [0.25, 0.3) is 0 Å². The lowest BCUT2D eigenvalue weighted by atomic mass is 10.1. The molecule has 1 aromatic carbocycles. The molecule has 0 aliphatic carbocycles. The van der Waals surface area contributed by atoms with Crippen LogP contribution in [-0.4, -0.2) is 19.6 Å². The van der Waals surface area contributed by atoms with Crippen molar-refractivity contribution in [1.29, 1.82) is 0 Å². The standard InChI is InChI=1S/C15H23NO2/c1-11(2)7-8-16-15(17)10-13-5-6-14(18-4)12(3)9-13/h5-6,9,11H,7-8,10H2,1-4H3,(H,16,17). The van der Waals surface area contributed by atoms with E-state index in [4.69, 9.17) is 4.74 Å². The molecule has 18 heavy (non-hydrogen) atoms. The topological polar surface area (TPSA) is 38.3 Å². The number of rotatable bonds is 6. The number of methoxy groups -OCH3 is 1. The van der Waals surface area contributed by atoms with Gasteiger partial charge in [-0.25, -0.2) is 0 Å². The summed E-state index contributed by atoms with van der Waals surface area (Å²) in [5.74, 6) is 1.56. The highest BCUT2D eigenvalue weighted by Crippen LogP contribution is 2.18. The normalized spacial score (nSPS) is 10.5. The summed E-state index contributed by atoms with van der Waals surface area (Å²) in [7, 11) is 1.65. The van der Waals surface area contributed by atoms with E-state index in [0.29, 0.717) is 12.3 Å². The van der Waals surface area contributed by atoms with Gasteiger partial charge in [-0.05, 0) is 36.5 Å². The Kier molecular flexibility index (Phi) is 5.69. The number of hydrogen-bond acceptors (Lipinski definition) is 2. The van der Waals surface area contributed by atoms with Crippen LogP contribution in [-0.2, 0) is 11.2 Å². The SMILES string of the molecule is COc1ccc(CC(=O)NCCC(C)C)cc1C. The van der Waals surface area contributed by atoms with E-state index in [2.05, 4.69) is 19.2 Å². The van der Waals surface area contributed by atoms with Gasteiger partial charge in [0.1, 0.15) is 5.75 Å². The van der Waals surface area contributed by atoms with Crippen LogP contribution in [0.3, 0.4) is 0 Å². The van der Waals surface area contributed by atoms with Gasteiger partial charge in [-0.2, -0.15) is 0 Å². The second-order valence-electron chi connectivity index (χ2n) is 5.01. The van der Waals surface area contributed by atoms with Gasteiger partial charge in [-0.1, -0.05) is 26.0 Å². The molecule has 1 rings (SSSR count). The van der Waals surface area contributed by atoms with Crippen LogP contribution in [0.15, 0.2) is 18.2 Å². The zero-order valence-corrected chi connectivity index (χ0v) is 11.7. The average molecular weight is 249 g/mol. The predicted molar refractivity (Wildman–Crippen MR) is 73.9 cm³/mol. The molecule has 0 fully saturated rings. The van der Waals surface area contributed by atoms with Crippen LogP contribution < -0.4 is 10.1 Å². The number of carbonyl (C=O) groups is 1. The Morgan fingerprint density at radius 2 is 2.11 bits per heavy atom. The van der Waals surface area contributed by atoms with E-state index in [1.54, 1.807) is 7.11 Å². The summed E-state index contributed by atoms with van der Waals surface area (Å²) in [6, 6.07) is 5.85. The van der Waals surface area contributed by atoms with E-state index in [0.717, 1.165) is 29.8 Å². The number of nitrogens with one attached hydrogen (secondary N) is 1. The van der Waals surface area contributed by atoms with E-state index < -0.39 is 0 Å². The van der Waals surface area contributed by atoms with E-state index in [1.807, 2.05) is 25.1 Å². The van der Waals surface area contributed by atoms with Crippen molar-refractivity contribution in [3.8, 4) is 5.75 Å². The second kappa shape index (κ2) is 7.04. The Morgan fingerprint density at radius 1 is 1.39 bits per heavy atom. The highest BCUT2D eigenvalue weighted by atomic mass is 16.5. The highest BCUT2D eigenvalue weighted by Gasteiger charge is 2.05. The molecular formula is C15H23NO2. The van der Waals surface area contributed by atoms with E-state index in [-0.39, 0.29) is 5.91 Å². The second-order valence-corrected chi connectivity index (χ2v) is 5.01. The molecule has 0 spiro atoms. The minimum Gasteiger partial charge on any atom is -0.496 e. The minimum absolute atomic E-state index is 0.0835. The van der Waals surface area contributed by atoms with E-state index >= 15 is 0 Å². The third kappa shape index (κ3) is 4.78. The number of hydrogen-bond donors (Lipinski definition) is 1. The molecule has 100 valence electrons. The predicted octanol–water partition coefficient (Wildman–Crippen LogP) is 2.71. The zero-order valence-electron chi connectivity index (χ0n) is 11.7. The molecule has 3 heteroatoms. The quantitative estimate of drug-likeness (QED) is 0.842. The summed E-state index contributed by atoms with van der Waals surface area (Å²) in [4.78, 5) is 11.7. The smallest absolute Gasteiger partial charge is 0.224 e. The molecule has 0 aromatic heterocycles. The van der Waals surface area contributed by atoms with Gasteiger partial charge in [0.15, 0.2) is 0 Å². The number of benzene rings is 1. The Labute approximate surface area is 110 Å². The van der Waals surface area contributed by atoms with Gasteiger partial charge >= 0.3 is 0 Å². The fraction of sp³-hybridized carbons (Fsp3) is 0.533. The van der Waals surface area contributed by atoms with E-state index in [9.17, 15) is 4.79 Å². The number of ether oxygens (including phenoxy) is 1. The van der Waals surface area contributed by atoms with Crippen molar-refractivity contribution in [2.24, 2.45) is 5.92 Å². The van der Waals surface area contributed by atoms with Crippen LogP contribution in [0.5, 0.6) is 5.75 Å². The van der Waals surface area contributed by atoms with Crippen molar-refractivity contribution >= 4 is 5.91 Å². The number of carbonyl (C=O) groups excluding carboxylic acids is 1. The fourth-order valence-corrected chi connectivity index (χ4v) is 1.80. The van der Waals surface area contributed by atoms with Gasteiger partial charge in [0.25, 0.3) is 0 Å². The Morgan fingerprint density at radius 3 is 2.67 bits per heavy atom. The van der Waals surface area contributed by atoms with Crippen molar-refractivity contribution in [2.75, 3.05) is 13.7 Å². The molecule has 0 bridgehead atoms. The summed E-state index contributed by atoms with van der Waals surface area (Å²) in [6.07, 6.45) is 1.45. The first-order valence-corrected chi connectivity index (χ1v) is 6.43. The summed E-state index contributed by atoms with van der Waals surface area (Å²) in [5, 5.41) is 2.94. The van der Waals surface area contributed by atoms with Gasteiger partial charge < -0.3 is 10.1 Å². The van der Waals surface area contributed by atoms with Gasteiger partial charge in [-0.3, -0.25) is 4.79 Å². The lowest BCUT2D eigenvalue weighted by molar-refractivity contribution is -0.120. The zero-order chi connectivity index (χ0) is 13.5. The number of aryl methyl sites for hydroxylation is 1. The van der Waals surface area contributed by atoms with Crippen LogP contribution in [0.1, 0.15) is 31.4 Å². The molecule has 0 saturated heterocycles. The average Bonchev–Trinajstić information content (AvgIpc) is 2.28. The molecule has 0 atom stereocenters. The first kappa shape index (κ1) is 14.6. The first-order valence-electron chi connectivity index (χ1n) is 6.43. The molecule has 1 amide bonds. The molecule has 1 aromatic rings. The molecule has 0 unspecified atom stereocenters. The number of amides is 1. The van der Waals surface area contributed by atoms with Gasteiger partial charge in [-0.15, -0.1) is 0 Å².